The second-order valence-electron chi connectivity index (χ2n) is 5.23. The molecule has 1 unspecified atom stereocenters. The Kier molecular flexibility index (Phi) is 3.57. The molecule has 0 bridgehead atoms. The van der Waals surface area contributed by atoms with E-state index >= 15 is 0 Å². The van der Waals surface area contributed by atoms with Crippen LogP contribution in [-0.2, 0) is 4.79 Å². The van der Waals surface area contributed by atoms with Crippen molar-refractivity contribution in [2.75, 3.05) is 25.0 Å². The number of carbonyl (C=O) groups excluding carboxylic acids is 1. The summed E-state index contributed by atoms with van der Waals surface area (Å²) in [5.74, 6) is 0.277. The molecule has 1 aliphatic heterocycles. The molecule has 2 N–H and O–H groups in total. The van der Waals surface area contributed by atoms with Gasteiger partial charge >= 0.3 is 0 Å². The number of rotatable bonds is 2. The number of phenols is 1. The lowest BCUT2D eigenvalue weighted by Crippen LogP contribution is -2.49. The summed E-state index contributed by atoms with van der Waals surface area (Å²) in [7, 11) is 1.76. The SMILES string of the molecule is CN(C(=O)C1(C)CCCNC1)c1cccc(O)c1. The Labute approximate surface area is 108 Å². The maximum atomic E-state index is 12.5. The first-order valence-corrected chi connectivity index (χ1v) is 6.31. The monoisotopic (exact) mass is 248 g/mol. The first-order valence-electron chi connectivity index (χ1n) is 6.31. The van der Waals surface area contributed by atoms with Crippen molar-refractivity contribution >= 4 is 11.6 Å². The van der Waals surface area contributed by atoms with Crippen molar-refractivity contribution in [3.05, 3.63) is 24.3 Å². The first kappa shape index (κ1) is 12.9. The minimum Gasteiger partial charge on any atom is -0.508 e. The fourth-order valence-corrected chi connectivity index (χ4v) is 2.46. The number of nitrogens with zero attached hydrogens (tertiary/aromatic N) is 1. The molecule has 4 heteroatoms. The van der Waals surface area contributed by atoms with E-state index < -0.39 is 0 Å². The molecule has 1 saturated heterocycles. The molecule has 0 aromatic heterocycles. The molecule has 18 heavy (non-hydrogen) atoms. The van der Waals surface area contributed by atoms with Crippen molar-refractivity contribution in [1.29, 1.82) is 0 Å². The Balaban J connectivity index is 2.17. The molecule has 4 nitrogen and oxygen atoms in total. The number of carbonyl (C=O) groups is 1. The van der Waals surface area contributed by atoms with Gasteiger partial charge in [0, 0.05) is 25.3 Å². The minimum absolute atomic E-state index is 0.0975. The lowest BCUT2D eigenvalue weighted by Gasteiger charge is -2.36. The molecule has 1 heterocycles. The van der Waals surface area contributed by atoms with Crippen molar-refractivity contribution in [3.8, 4) is 5.75 Å². The van der Waals surface area contributed by atoms with Gasteiger partial charge in [-0.1, -0.05) is 6.07 Å². The highest BCUT2D eigenvalue weighted by Crippen LogP contribution is 2.30. The normalized spacial score (nSPS) is 23.7. The lowest BCUT2D eigenvalue weighted by molar-refractivity contribution is -0.128. The average Bonchev–Trinajstić information content (AvgIpc) is 2.38. The highest BCUT2D eigenvalue weighted by atomic mass is 16.3. The molecule has 1 aromatic rings. The predicted octanol–water partition coefficient (Wildman–Crippen LogP) is 1.74. The summed E-state index contributed by atoms with van der Waals surface area (Å²) in [5, 5.41) is 12.7. The number of benzene rings is 1. The predicted molar refractivity (Wildman–Crippen MR) is 71.7 cm³/mol. The molecule has 1 amide bonds. The highest BCUT2D eigenvalue weighted by Gasteiger charge is 2.37. The molecule has 0 saturated carbocycles. The summed E-state index contributed by atoms with van der Waals surface area (Å²) >= 11 is 0. The van der Waals surface area contributed by atoms with Gasteiger partial charge in [0.05, 0.1) is 5.41 Å². The summed E-state index contributed by atoms with van der Waals surface area (Å²) in [4.78, 5) is 14.2. The molecule has 1 atom stereocenters. The number of amides is 1. The second-order valence-corrected chi connectivity index (χ2v) is 5.23. The van der Waals surface area contributed by atoms with E-state index in [2.05, 4.69) is 5.32 Å². The van der Waals surface area contributed by atoms with Gasteiger partial charge in [0.2, 0.25) is 5.91 Å². The maximum absolute atomic E-state index is 12.5. The van der Waals surface area contributed by atoms with E-state index in [0.29, 0.717) is 0 Å². The smallest absolute Gasteiger partial charge is 0.233 e. The van der Waals surface area contributed by atoms with Gasteiger partial charge in [-0.15, -0.1) is 0 Å². The number of nitrogens with one attached hydrogen (secondary N) is 1. The minimum atomic E-state index is -0.349. The van der Waals surface area contributed by atoms with Gasteiger partial charge in [0.15, 0.2) is 0 Å². The molecule has 1 aliphatic rings. The second kappa shape index (κ2) is 4.98. The van der Waals surface area contributed by atoms with Crippen LogP contribution in [0.2, 0.25) is 0 Å². The highest BCUT2D eigenvalue weighted by molar-refractivity contribution is 5.97. The van der Waals surface area contributed by atoms with Crippen molar-refractivity contribution in [1.82, 2.24) is 5.32 Å². The Hall–Kier alpha value is -1.55. The third-order valence-electron chi connectivity index (χ3n) is 3.64. The van der Waals surface area contributed by atoms with E-state index in [0.717, 1.165) is 31.6 Å². The molecule has 1 aromatic carbocycles. The fourth-order valence-electron chi connectivity index (χ4n) is 2.46. The van der Waals surface area contributed by atoms with Gasteiger partial charge < -0.3 is 15.3 Å². The molecule has 0 aliphatic carbocycles. The summed E-state index contributed by atoms with van der Waals surface area (Å²) in [6, 6.07) is 6.79. The molecular formula is C14H20N2O2. The summed E-state index contributed by atoms with van der Waals surface area (Å²) in [6.45, 7) is 3.70. The Morgan fingerprint density at radius 1 is 1.50 bits per heavy atom. The van der Waals surface area contributed by atoms with Crippen LogP contribution in [0, 0.1) is 5.41 Å². The third kappa shape index (κ3) is 2.48. The van der Waals surface area contributed by atoms with Crippen molar-refractivity contribution in [2.45, 2.75) is 19.8 Å². The number of aromatic hydroxyl groups is 1. The summed E-state index contributed by atoms with van der Waals surface area (Å²) < 4.78 is 0. The Morgan fingerprint density at radius 3 is 2.89 bits per heavy atom. The average molecular weight is 248 g/mol. The fraction of sp³-hybridized carbons (Fsp3) is 0.500. The van der Waals surface area contributed by atoms with Gasteiger partial charge in [0.1, 0.15) is 5.75 Å². The zero-order chi connectivity index (χ0) is 13.2. The number of phenolic OH excluding ortho intramolecular Hbond substituents is 1. The van der Waals surface area contributed by atoms with Gasteiger partial charge in [-0.25, -0.2) is 0 Å². The van der Waals surface area contributed by atoms with E-state index in [1.54, 1.807) is 30.1 Å². The zero-order valence-electron chi connectivity index (χ0n) is 10.9. The van der Waals surface area contributed by atoms with Crippen LogP contribution >= 0.6 is 0 Å². The van der Waals surface area contributed by atoms with E-state index in [1.165, 1.54) is 0 Å². The van der Waals surface area contributed by atoms with E-state index in [1.807, 2.05) is 13.0 Å². The van der Waals surface area contributed by atoms with Crippen molar-refractivity contribution in [3.63, 3.8) is 0 Å². The Bertz CT molecular complexity index is 439. The van der Waals surface area contributed by atoms with Crippen LogP contribution in [0.1, 0.15) is 19.8 Å². The van der Waals surface area contributed by atoms with Crippen molar-refractivity contribution in [2.24, 2.45) is 5.41 Å². The molecule has 2 rings (SSSR count). The van der Waals surface area contributed by atoms with Gasteiger partial charge in [-0.05, 0) is 38.4 Å². The standard InChI is InChI=1S/C14H20N2O2/c1-14(7-4-8-15-10-14)13(18)16(2)11-5-3-6-12(17)9-11/h3,5-6,9,15,17H,4,7-8,10H2,1-2H3. The number of hydrogen-bond donors (Lipinski definition) is 2. The van der Waals surface area contributed by atoms with Gasteiger partial charge in [0.25, 0.3) is 0 Å². The first-order chi connectivity index (χ1) is 8.53. The van der Waals surface area contributed by atoms with Crippen molar-refractivity contribution < 1.29 is 9.90 Å². The molecule has 98 valence electrons. The van der Waals surface area contributed by atoms with Gasteiger partial charge in [-0.3, -0.25) is 4.79 Å². The lowest BCUT2D eigenvalue weighted by atomic mass is 9.81. The van der Waals surface area contributed by atoms with E-state index in [-0.39, 0.29) is 17.1 Å². The molecule has 0 radical (unpaired) electrons. The number of hydrogen-bond acceptors (Lipinski definition) is 3. The molecule has 1 fully saturated rings. The topological polar surface area (TPSA) is 52.6 Å². The largest absolute Gasteiger partial charge is 0.508 e. The van der Waals surface area contributed by atoms with Crippen LogP contribution in [-0.4, -0.2) is 31.2 Å². The summed E-state index contributed by atoms with van der Waals surface area (Å²) in [5.41, 5.74) is 0.380. The van der Waals surface area contributed by atoms with E-state index in [4.69, 9.17) is 0 Å². The maximum Gasteiger partial charge on any atom is 0.233 e. The van der Waals surface area contributed by atoms with Crippen LogP contribution in [0.15, 0.2) is 24.3 Å². The number of anilines is 1. The van der Waals surface area contributed by atoms with Crippen LogP contribution in [0.4, 0.5) is 5.69 Å². The quantitative estimate of drug-likeness (QED) is 0.838. The third-order valence-corrected chi connectivity index (χ3v) is 3.64. The van der Waals surface area contributed by atoms with Crippen LogP contribution in [0.25, 0.3) is 0 Å². The van der Waals surface area contributed by atoms with Gasteiger partial charge in [-0.2, -0.15) is 0 Å². The zero-order valence-corrected chi connectivity index (χ0v) is 10.9. The van der Waals surface area contributed by atoms with Crippen LogP contribution < -0.4 is 10.2 Å². The molecule has 0 spiro atoms. The van der Waals surface area contributed by atoms with Crippen LogP contribution in [0.3, 0.4) is 0 Å². The molecular weight excluding hydrogens is 228 g/mol. The van der Waals surface area contributed by atoms with Crippen LogP contribution in [0.5, 0.6) is 5.75 Å². The number of piperidine rings is 1. The Morgan fingerprint density at radius 2 is 2.28 bits per heavy atom. The van der Waals surface area contributed by atoms with E-state index in [9.17, 15) is 9.90 Å². The summed E-state index contributed by atoms with van der Waals surface area (Å²) in [6.07, 6.45) is 1.93.